The van der Waals surface area contributed by atoms with Crippen molar-refractivity contribution in [2.75, 3.05) is 23.7 Å². The Labute approximate surface area is 235 Å². The van der Waals surface area contributed by atoms with Crippen LogP contribution in [-0.2, 0) is 32.6 Å². The summed E-state index contributed by atoms with van der Waals surface area (Å²) in [5.74, 6) is -1.58. The van der Waals surface area contributed by atoms with E-state index in [0.717, 1.165) is 35.6 Å². The van der Waals surface area contributed by atoms with Gasteiger partial charge in [-0.1, -0.05) is 25.0 Å². The van der Waals surface area contributed by atoms with Crippen LogP contribution in [0.3, 0.4) is 0 Å². The highest BCUT2D eigenvalue weighted by Gasteiger charge is 2.51. The van der Waals surface area contributed by atoms with Gasteiger partial charge in [0, 0.05) is 30.1 Å². The molecule has 7 rings (SSSR count). The third-order valence-corrected chi connectivity index (χ3v) is 9.19. The molecule has 3 N–H and O–H groups in total. The van der Waals surface area contributed by atoms with Crippen LogP contribution >= 0.6 is 0 Å². The van der Waals surface area contributed by atoms with Gasteiger partial charge in [-0.05, 0) is 72.7 Å². The van der Waals surface area contributed by atoms with E-state index < -0.39 is 34.5 Å². The van der Waals surface area contributed by atoms with Crippen molar-refractivity contribution >= 4 is 29.2 Å². The Kier molecular flexibility index (Phi) is 5.93. The van der Waals surface area contributed by atoms with Crippen molar-refractivity contribution in [2.24, 2.45) is 0 Å². The first-order chi connectivity index (χ1) is 19.8. The summed E-state index contributed by atoms with van der Waals surface area (Å²) in [6.45, 7) is 0.0365. The van der Waals surface area contributed by atoms with Crippen LogP contribution in [0.15, 0.2) is 54.7 Å². The molecule has 0 bridgehead atoms. The first kappa shape index (κ1) is 25.8. The number of hydrogen-bond donors (Lipinski definition) is 3. The summed E-state index contributed by atoms with van der Waals surface area (Å²) < 4.78 is 28.2. The number of pyridine rings is 1. The Balaban J connectivity index is 1.12. The number of aromatic nitrogens is 1. The summed E-state index contributed by atoms with van der Waals surface area (Å²) in [6, 6.07) is 11.9. The van der Waals surface area contributed by atoms with E-state index in [9.17, 15) is 23.2 Å². The Hall–Kier alpha value is -4.18. The lowest BCUT2D eigenvalue weighted by molar-refractivity contribution is -0.147. The van der Waals surface area contributed by atoms with Crippen LogP contribution in [0.25, 0.3) is 0 Å². The van der Waals surface area contributed by atoms with Gasteiger partial charge in [0.15, 0.2) is 0 Å². The number of nitrogens with one attached hydrogen (secondary N) is 3. The molecule has 2 spiro atoms. The van der Waals surface area contributed by atoms with Gasteiger partial charge in [0.2, 0.25) is 17.7 Å². The Bertz CT molecular complexity index is 1580. The number of anilines is 2. The van der Waals surface area contributed by atoms with Crippen LogP contribution in [0.5, 0.6) is 0 Å². The van der Waals surface area contributed by atoms with E-state index in [4.69, 9.17) is 0 Å². The van der Waals surface area contributed by atoms with E-state index in [-0.39, 0.29) is 18.4 Å². The molecule has 1 saturated carbocycles. The van der Waals surface area contributed by atoms with Crippen molar-refractivity contribution < 1.29 is 23.2 Å². The molecule has 2 aromatic carbocycles. The van der Waals surface area contributed by atoms with Gasteiger partial charge < -0.3 is 20.9 Å². The number of hydrogen-bond acceptors (Lipinski definition) is 5. The van der Waals surface area contributed by atoms with Crippen LogP contribution in [0.1, 0.15) is 54.0 Å². The van der Waals surface area contributed by atoms with Crippen molar-refractivity contribution in [1.29, 1.82) is 0 Å². The minimum absolute atomic E-state index is 0.0779. The molecule has 2 atom stereocenters. The summed E-state index contributed by atoms with van der Waals surface area (Å²) in [4.78, 5) is 45.9. The summed E-state index contributed by atoms with van der Waals surface area (Å²) in [7, 11) is 0. The molecular weight excluding hydrogens is 528 g/mol. The smallest absolute Gasteiger partial charge is 0.244 e. The maximum atomic E-state index is 14.1. The van der Waals surface area contributed by atoms with Gasteiger partial charge >= 0.3 is 0 Å². The van der Waals surface area contributed by atoms with Gasteiger partial charge in [-0.15, -0.1) is 0 Å². The van der Waals surface area contributed by atoms with Gasteiger partial charge in [-0.3, -0.25) is 14.4 Å². The fourth-order valence-corrected chi connectivity index (χ4v) is 7.21. The third-order valence-electron chi connectivity index (χ3n) is 9.19. The number of benzene rings is 2. The molecule has 2 aliphatic heterocycles. The van der Waals surface area contributed by atoms with E-state index in [1.807, 2.05) is 24.3 Å². The average molecular weight is 558 g/mol. The van der Waals surface area contributed by atoms with E-state index >= 15 is 0 Å². The second-order valence-corrected chi connectivity index (χ2v) is 11.6. The molecule has 3 amide bonds. The maximum Gasteiger partial charge on any atom is 0.244 e. The molecule has 2 fully saturated rings. The largest absolute Gasteiger partial charge is 0.325 e. The molecule has 4 aliphatic rings. The molecule has 3 heterocycles. The van der Waals surface area contributed by atoms with Crippen LogP contribution in [0, 0.1) is 11.6 Å². The van der Waals surface area contributed by atoms with Crippen LogP contribution in [-0.4, -0.2) is 46.2 Å². The topological polar surface area (TPSA) is 103 Å². The highest BCUT2D eigenvalue weighted by atomic mass is 19.1. The molecule has 210 valence electrons. The number of piperazine rings is 1. The number of nitrogens with zero attached hydrogens (tertiary/aromatic N) is 2. The number of carbonyl (C=O) groups excluding carboxylic acids is 3. The number of fused-ring (bicyclic) bond motifs is 3. The Morgan fingerprint density at radius 3 is 2.56 bits per heavy atom. The van der Waals surface area contributed by atoms with Crippen molar-refractivity contribution in [3.05, 3.63) is 88.6 Å². The van der Waals surface area contributed by atoms with Gasteiger partial charge in [0.05, 0.1) is 17.0 Å². The van der Waals surface area contributed by atoms with Crippen molar-refractivity contribution in [2.45, 2.75) is 55.5 Å². The molecule has 8 nitrogen and oxygen atoms in total. The first-order valence-corrected chi connectivity index (χ1v) is 14.0. The summed E-state index contributed by atoms with van der Waals surface area (Å²) in [6.07, 6.45) is 5.80. The van der Waals surface area contributed by atoms with Crippen molar-refractivity contribution in [1.82, 2.24) is 15.2 Å². The van der Waals surface area contributed by atoms with Crippen LogP contribution in [0.2, 0.25) is 0 Å². The van der Waals surface area contributed by atoms with Crippen molar-refractivity contribution in [3.63, 3.8) is 0 Å². The summed E-state index contributed by atoms with van der Waals surface area (Å²) >= 11 is 0. The second kappa shape index (κ2) is 9.44. The van der Waals surface area contributed by atoms with E-state index in [1.54, 1.807) is 12.3 Å². The quantitative estimate of drug-likeness (QED) is 0.453. The van der Waals surface area contributed by atoms with E-state index in [0.29, 0.717) is 49.3 Å². The standard InChI is InChI=1S/C31H29F2N5O3/c32-21-10-19(11-22(33)13-21)25-16-35-31(7-1-2-8-31)29(41)38(25)17-26(39)36-23-6-5-18-14-30(15-20(18)12-23)24-4-3-9-34-27(24)37-28(30)40/h3-6,9-13,25,35H,1-2,7-8,14-17H2,(H,36,39)(H,34,37,40)/t25-,30+/m1/s1. The molecule has 1 saturated heterocycles. The second-order valence-electron chi connectivity index (χ2n) is 11.6. The zero-order valence-corrected chi connectivity index (χ0v) is 22.3. The number of carbonyl (C=O) groups is 3. The predicted octanol–water partition coefficient (Wildman–Crippen LogP) is 3.77. The van der Waals surface area contributed by atoms with Gasteiger partial charge in [-0.2, -0.15) is 0 Å². The van der Waals surface area contributed by atoms with Crippen LogP contribution in [0.4, 0.5) is 20.3 Å². The van der Waals surface area contributed by atoms with E-state index in [1.165, 1.54) is 17.0 Å². The Morgan fingerprint density at radius 1 is 1.02 bits per heavy atom. The first-order valence-electron chi connectivity index (χ1n) is 14.0. The molecule has 0 unspecified atom stereocenters. The Morgan fingerprint density at radius 2 is 1.78 bits per heavy atom. The minimum atomic E-state index is -0.752. The SMILES string of the molecule is O=C(CN1C(=O)C2(CCCC2)NC[C@@H]1c1cc(F)cc(F)c1)Nc1ccc2c(c1)C[C@]1(C2)C(=O)Nc2ncccc21. The monoisotopic (exact) mass is 557 g/mol. The number of rotatable bonds is 4. The lowest BCUT2D eigenvalue weighted by atomic mass is 9.79. The van der Waals surface area contributed by atoms with Gasteiger partial charge in [-0.25, -0.2) is 13.8 Å². The maximum absolute atomic E-state index is 14.1. The molecule has 1 aromatic heterocycles. The lowest BCUT2D eigenvalue weighted by Crippen LogP contribution is -2.64. The number of halogens is 2. The molecule has 41 heavy (non-hydrogen) atoms. The highest BCUT2D eigenvalue weighted by molar-refractivity contribution is 6.06. The molecule has 0 radical (unpaired) electrons. The molecular formula is C31H29F2N5O3. The molecule has 10 heteroatoms. The summed E-state index contributed by atoms with van der Waals surface area (Å²) in [5.41, 5.74) is 2.26. The average Bonchev–Trinajstić information content (AvgIpc) is 3.63. The zero-order chi connectivity index (χ0) is 28.4. The van der Waals surface area contributed by atoms with Gasteiger partial charge in [0.1, 0.15) is 24.0 Å². The fourth-order valence-electron chi connectivity index (χ4n) is 7.21. The normalized spacial score (nSPS) is 24.0. The van der Waals surface area contributed by atoms with Crippen LogP contribution < -0.4 is 16.0 Å². The minimum Gasteiger partial charge on any atom is -0.325 e. The number of amides is 3. The summed E-state index contributed by atoms with van der Waals surface area (Å²) in [5, 5.41) is 9.15. The lowest BCUT2D eigenvalue weighted by Gasteiger charge is -2.45. The molecule has 3 aromatic rings. The third kappa shape index (κ3) is 4.20. The van der Waals surface area contributed by atoms with Crippen molar-refractivity contribution in [3.8, 4) is 0 Å². The van der Waals surface area contributed by atoms with E-state index in [2.05, 4.69) is 20.9 Å². The molecule has 2 aliphatic carbocycles. The fraction of sp³-hybridized carbons (Fsp3) is 0.355. The highest BCUT2D eigenvalue weighted by Crippen LogP contribution is 2.47. The zero-order valence-electron chi connectivity index (χ0n) is 22.3. The van der Waals surface area contributed by atoms with Gasteiger partial charge in [0.25, 0.3) is 0 Å². The predicted molar refractivity (Wildman–Crippen MR) is 147 cm³/mol.